The monoisotopic (exact) mass is 209 g/mol. The molecule has 1 aliphatic carbocycles. The minimum Gasteiger partial charge on any atom is -0.348 e. The molecule has 5 heteroatoms. The zero-order chi connectivity index (χ0) is 11.0. The standard InChI is InChI=1S/C9H14F3NO/c1-6(2)8(3-4-8)5-13-7(14)9(10,11)12/h6H,3-5H2,1-2H3,(H,13,14). The molecule has 82 valence electrons. The van der Waals surface area contributed by atoms with Crippen LogP contribution in [0, 0.1) is 11.3 Å². The number of carbonyl (C=O) groups excluding carboxylic acids is 1. The molecule has 0 heterocycles. The van der Waals surface area contributed by atoms with Crippen LogP contribution in [-0.4, -0.2) is 18.6 Å². The zero-order valence-electron chi connectivity index (χ0n) is 8.24. The van der Waals surface area contributed by atoms with Crippen LogP contribution in [-0.2, 0) is 4.79 Å². The lowest BCUT2D eigenvalue weighted by Gasteiger charge is -2.20. The van der Waals surface area contributed by atoms with Crippen LogP contribution in [0.4, 0.5) is 13.2 Å². The second-order valence-corrected chi connectivity index (χ2v) is 4.20. The normalized spacial score (nSPS) is 19.6. The van der Waals surface area contributed by atoms with Gasteiger partial charge < -0.3 is 5.32 Å². The number of rotatable bonds is 3. The molecule has 1 saturated carbocycles. The topological polar surface area (TPSA) is 29.1 Å². The summed E-state index contributed by atoms with van der Waals surface area (Å²) in [6, 6.07) is 0. The molecule has 1 rings (SSSR count). The molecule has 14 heavy (non-hydrogen) atoms. The van der Waals surface area contributed by atoms with Gasteiger partial charge in [0, 0.05) is 6.54 Å². The summed E-state index contributed by atoms with van der Waals surface area (Å²) in [5.74, 6) is -1.51. The molecule has 1 aliphatic rings. The Morgan fingerprint density at radius 2 is 1.93 bits per heavy atom. The third-order valence-corrected chi connectivity index (χ3v) is 2.98. The summed E-state index contributed by atoms with van der Waals surface area (Å²) in [6.45, 7) is 4.07. The highest BCUT2D eigenvalue weighted by Gasteiger charge is 2.47. The van der Waals surface area contributed by atoms with Crippen molar-refractivity contribution in [3.05, 3.63) is 0 Å². The predicted molar refractivity (Wildman–Crippen MR) is 45.6 cm³/mol. The molecular weight excluding hydrogens is 195 g/mol. The van der Waals surface area contributed by atoms with Gasteiger partial charge in [0.05, 0.1) is 0 Å². The summed E-state index contributed by atoms with van der Waals surface area (Å²) in [5.41, 5.74) is -0.0824. The van der Waals surface area contributed by atoms with Crippen LogP contribution in [0.2, 0.25) is 0 Å². The lowest BCUT2D eigenvalue weighted by molar-refractivity contribution is -0.173. The largest absolute Gasteiger partial charge is 0.471 e. The van der Waals surface area contributed by atoms with Crippen molar-refractivity contribution in [2.24, 2.45) is 11.3 Å². The average Bonchev–Trinajstić information content (AvgIpc) is 2.78. The lowest BCUT2D eigenvalue weighted by Crippen LogP contribution is -2.40. The van der Waals surface area contributed by atoms with Crippen molar-refractivity contribution in [2.45, 2.75) is 32.9 Å². The maximum absolute atomic E-state index is 11.8. The van der Waals surface area contributed by atoms with Crippen molar-refractivity contribution in [1.29, 1.82) is 0 Å². The minimum atomic E-state index is -4.76. The molecule has 0 unspecified atom stereocenters. The summed E-state index contributed by atoms with van der Waals surface area (Å²) in [5, 5.41) is 1.94. The van der Waals surface area contributed by atoms with Gasteiger partial charge in [-0.2, -0.15) is 13.2 Å². The van der Waals surface area contributed by atoms with Crippen LogP contribution in [0.1, 0.15) is 26.7 Å². The second kappa shape index (κ2) is 3.44. The van der Waals surface area contributed by atoms with E-state index in [1.165, 1.54) is 0 Å². The fraction of sp³-hybridized carbons (Fsp3) is 0.889. The number of amides is 1. The summed E-state index contributed by atoms with van der Waals surface area (Å²) >= 11 is 0. The van der Waals surface area contributed by atoms with Crippen molar-refractivity contribution in [1.82, 2.24) is 5.32 Å². The van der Waals surface area contributed by atoms with Crippen molar-refractivity contribution in [2.75, 3.05) is 6.54 Å². The molecule has 0 radical (unpaired) electrons. The predicted octanol–water partition coefficient (Wildman–Crippen LogP) is 2.10. The van der Waals surface area contributed by atoms with E-state index in [2.05, 4.69) is 0 Å². The first-order valence-electron chi connectivity index (χ1n) is 4.63. The fourth-order valence-corrected chi connectivity index (χ4v) is 1.48. The highest BCUT2D eigenvalue weighted by Crippen LogP contribution is 2.51. The van der Waals surface area contributed by atoms with Gasteiger partial charge in [-0.3, -0.25) is 4.79 Å². The molecule has 1 fully saturated rings. The van der Waals surface area contributed by atoms with Gasteiger partial charge in [0.15, 0.2) is 0 Å². The first-order chi connectivity index (χ1) is 6.28. The van der Waals surface area contributed by atoms with Crippen LogP contribution in [0.15, 0.2) is 0 Å². The number of hydrogen-bond acceptors (Lipinski definition) is 1. The quantitative estimate of drug-likeness (QED) is 0.757. The zero-order valence-corrected chi connectivity index (χ0v) is 8.24. The van der Waals surface area contributed by atoms with Crippen LogP contribution in [0.3, 0.4) is 0 Å². The Morgan fingerprint density at radius 3 is 2.21 bits per heavy atom. The van der Waals surface area contributed by atoms with Gasteiger partial charge in [0.1, 0.15) is 0 Å². The first kappa shape index (κ1) is 11.3. The van der Waals surface area contributed by atoms with Crippen LogP contribution in [0.5, 0.6) is 0 Å². The van der Waals surface area contributed by atoms with Crippen molar-refractivity contribution < 1.29 is 18.0 Å². The number of carbonyl (C=O) groups is 1. The van der Waals surface area contributed by atoms with E-state index < -0.39 is 12.1 Å². The lowest BCUT2D eigenvalue weighted by atomic mass is 9.92. The third kappa shape index (κ3) is 2.39. The molecule has 0 aromatic heterocycles. The Morgan fingerprint density at radius 1 is 1.43 bits per heavy atom. The van der Waals surface area contributed by atoms with Gasteiger partial charge >= 0.3 is 12.1 Å². The number of hydrogen-bond donors (Lipinski definition) is 1. The number of alkyl halides is 3. The Kier molecular flexibility index (Phi) is 2.78. The van der Waals surface area contributed by atoms with E-state index in [-0.39, 0.29) is 12.0 Å². The highest BCUT2D eigenvalue weighted by molar-refractivity contribution is 5.81. The van der Waals surface area contributed by atoms with Gasteiger partial charge in [0.2, 0.25) is 0 Å². The molecule has 1 amide bonds. The second-order valence-electron chi connectivity index (χ2n) is 4.20. The SMILES string of the molecule is CC(C)C1(CNC(=O)C(F)(F)F)CC1. The summed E-state index contributed by atoms with van der Waals surface area (Å²) in [4.78, 5) is 10.5. The number of halogens is 3. The maximum atomic E-state index is 11.8. The first-order valence-corrected chi connectivity index (χ1v) is 4.63. The van der Waals surface area contributed by atoms with E-state index in [9.17, 15) is 18.0 Å². The molecule has 0 saturated heterocycles. The van der Waals surface area contributed by atoms with Crippen LogP contribution >= 0.6 is 0 Å². The highest BCUT2D eigenvalue weighted by atomic mass is 19.4. The maximum Gasteiger partial charge on any atom is 0.471 e. The molecule has 1 N–H and O–H groups in total. The van der Waals surface area contributed by atoms with E-state index in [0.717, 1.165) is 12.8 Å². The molecule has 0 aliphatic heterocycles. The molecule has 0 spiro atoms. The van der Waals surface area contributed by atoms with Crippen molar-refractivity contribution in [3.63, 3.8) is 0 Å². The molecule has 0 bridgehead atoms. The summed E-state index contributed by atoms with van der Waals surface area (Å²) in [7, 11) is 0. The van der Waals surface area contributed by atoms with Crippen LogP contribution in [0.25, 0.3) is 0 Å². The molecule has 0 aromatic rings. The van der Waals surface area contributed by atoms with Gasteiger partial charge in [-0.15, -0.1) is 0 Å². The molecular formula is C9H14F3NO. The van der Waals surface area contributed by atoms with Gasteiger partial charge in [-0.1, -0.05) is 13.8 Å². The summed E-state index contributed by atoms with van der Waals surface area (Å²) in [6.07, 6.45) is -2.95. The van der Waals surface area contributed by atoms with E-state index in [1.807, 2.05) is 19.2 Å². The minimum absolute atomic E-state index is 0.0824. The summed E-state index contributed by atoms with van der Waals surface area (Å²) < 4.78 is 35.5. The average molecular weight is 209 g/mol. The molecule has 2 nitrogen and oxygen atoms in total. The smallest absolute Gasteiger partial charge is 0.348 e. The fourth-order valence-electron chi connectivity index (χ4n) is 1.48. The van der Waals surface area contributed by atoms with E-state index in [4.69, 9.17) is 0 Å². The van der Waals surface area contributed by atoms with E-state index >= 15 is 0 Å². The Labute approximate surface area is 80.9 Å². The molecule has 0 atom stereocenters. The third-order valence-electron chi connectivity index (χ3n) is 2.98. The Hall–Kier alpha value is -0.740. The van der Waals surface area contributed by atoms with Gasteiger partial charge in [-0.05, 0) is 24.2 Å². The van der Waals surface area contributed by atoms with E-state index in [1.54, 1.807) is 0 Å². The van der Waals surface area contributed by atoms with Gasteiger partial charge in [-0.25, -0.2) is 0 Å². The molecule has 0 aromatic carbocycles. The van der Waals surface area contributed by atoms with Gasteiger partial charge in [0.25, 0.3) is 0 Å². The van der Waals surface area contributed by atoms with Crippen LogP contribution < -0.4 is 5.32 Å². The van der Waals surface area contributed by atoms with Crippen molar-refractivity contribution in [3.8, 4) is 0 Å². The van der Waals surface area contributed by atoms with E-state index in [0.29, 0.717) is 5.92 Å². The van der Waals surface area contributed by atoms with Crippen molar-refractivity contribution >= 4 is 5.91 Å². The number of nitrogens with one attached hydrogen (secondary N) is 1. The Bertz CT molecular complexity index is 231. The Balaban J connectivity index is 2.38.